The lowest BCUT2D eigenvalue weighted by Gasteiger charge is -2.48. The Morgan fingerprint density at radius 3 is 2.50 bits per heavy atom. The lowest BCUT2D eigenvalue weighted by atomic mass is 9.87. The Balaban J connectivity index is 1.53. The number of nitrogens with zero attached hydrogens (tertiary/aromatic N) is 1. The van der Waals surface area contributed by atoms with Crippen LogP contribution in [0.2, 0.25) is 0 Å². The Hall–Kier alpha value is -0.0800. The van der Waals surface area contributed by atoms with Crippen LogP contribution in [-0.2, 0) is 0 Å². The average Bonchev–Trinajstić information content (AvgIpc) is 2.57. The van der Waals surface area contributed by atoms with Crippen molar-refractivity contribution in [3.8, 4) is 0 Å². The highest BCUT2D eigenvalue weighted by atomic mass is 15.3. The summed E-state index contributed by atoms with van der Waals surface area (Å²) in [5, 5.41) is 3.67. The van der Waals surface area contributed by atoms with Crippen LogP contribution in [0.3, 0.4) is 0 Å². The van der Waals surface area contributed by atoms with Crippen LogP contribution >= 0.6 is 0 Å². The Morgan fingerprint density at radius 1 is 1.19 bits per heavy atom. The zero-order valence-electron chi connectivity index (χ0n) is 11.3. The van der Waals surface area contributed by atoms with E-state index < -0.39 is 0 Å². The minimum atomic E-state index is 0.517. The highest BCUT2D eigenvalue weighted by Crippen LogP contribution is 2.30. The van der Waals surface area contributed by atoms with E-state index in [0.717, 1.165) is 0 Å². The molecule has 2 aliphatic rings. The van der Waals surface area contributed by atoms with E-state index in [0.29, 0.717) is 11.0 Å². The summed E-state index contributed by atoms with van der Waals surface area (Å²) in [6, 6.07) is 0. The number of unbranched alkanes of at least 4 members (excludes halogenated alkanes) is 1. The van der Waals surface area contributed by atoms with Gasteiger partial charge < -0.3 is 5.32 Å². The molecule has 0 aliphatic carbocycles. The molecule has 0 bridgehead atoms. The molecular weight excluding hydrogens is 196 g/mol. The topological polar surface area (TPSA) is 15.3 Å². The van der Waals surface area contributed by atoms with Crippen LogP contribution < -0.4 is 5.32 Å². The van der Waals surface area contributed by atoms with Crippen LogP contribution in [-0.4, -0.2) is 36.6 Å². The quantitative estimate of drug-likeness (QED) is 0.739. The van der Waals surface area contributed by atoms with Crippen molar-refractivity contribution in [3.63, 3.8) is 0 Å². The fraction of sp³-hybridized carbons (Fsp3) is 1.00. The minimum absolute atomic E-state index is 0.517. The number of nitrogens with one attached hydrogen (secondary N) is 1. The van der Waals surface area contributed by atoms with Crippen LogP contribution in [0.25, 0.3) is 0 Å². The molecule has 0 unspecified atom stereocenters. The van der Waals surface area contributed by atoms with Crippen molar-refractivity contribution < 1.29 is 0 Å². The predicted octanol–water partition coefficient (Wildman–Crippen LogP) is 2.64. The van der Waals surface area contributed by atoms with E-state index >= 15 is 0 Å². The van der Waals surface area contributed by atoms with Gasteiger partial charge in [0.15, 0.2) is 0 Å². The summed E-state index contributed by atoms with van der Waals surface area (Å²) in [5.41, 5.74) is 1.06. The van der Waals surface area contributed by atoms with Gasteiger partial charge in [-0.15, -0.1) is 0 Å². The van der Waals surface area contributed by atoms with E-state index in [1.54, 1.807) is 0 Å². The zero-order chi connectivity index (χ0) is 11.6. The highest BCUT2D eigenvalue weighted by Gasteiger charge is 2.43. The third-order valence-electron chi connectivity index (χ3n) is 4.04. The lowest BCUT2D eigenvalue weighted by Crippen LogP contribution is -2.66. The number of hydrogen-bond donors (Lipinski definition) is 1. The fourth-order valence-corrected chi connectivity index (χ4v) is 3.10. The maximum absolute atomic E-state index is 3.67. The minimum Gasteiger partial charge on any atom is -0.309 e. The van der Waals surface area contributed by atoms with E-state index in [9.17, 15) is 0 Å². The van der Waals surface area contributed by atoms with Gasteiger partial charge in [-0.2, -0.15) is 0 Å². The standard InChI is InChI=1S/C14H28N2/c1-13(2,3)7-4-5-10-16-11-14(12-16)8-6-9-15-14/h15H,4-12H2,1-3H3. The molecule has 94 valence electrons. The molecule has 1 spiro atoms. The van der Waals surface area contributed by atoms with Crippen molar-refractivity contribution in [2.45, 2.75) is 58.4 Å². The van der Waals surface area contributed by atoms with Crippen LogP contribution in [0.1, 0.15) is 52.9 Å². The van der Waals surface area contributed by atoms with Crippen LogP contribution in [0.5, 0.6) is 0 Å². The molecular formula is C14H28N2. The van der Waals surface area contributed by atoms with E-state index in [2.05, 4.69) is 31.0 Å². The van der Waals surface area contributed by atoms with Gasteiger partial charge in [-0.3, -0.25) is 4.90 Å². The van der Waals surface area contributed by atoms with E-state index in [1.165, 1.54) is 58.3 Å². The molecule has 0 atom stereocenters. The first-order valence-electron chi connectivity index (χ1n) is 6.97. The summed E-state index contributed by atoms with van der Waals surface area (Å²) in [5.74, 6) is 0. The van der Waals surface area contributed by atoms with Crippen LogP contribution in [0.15, 0.2) is 0 Å². The molecule has 0 saturated carbocycles. The lowest BCUT2D eigenvalue weighted by molar-refractivity contribution is 0.0535. The van der Waals surface area contributed by atoms with E-state index in [4.69, 9.17) is 0 Å². The van der Waals surface area contributed by atoms with Gasteiger partial charge in [-0.25, -0.2) is 0 Å². The van der Waals surface area contributed by atoms with Crippen molar-refractivity contribution in [1.29, 1.82) is 0 Å². The highest BCUT2D eigenvalue weighted by molar-refractivity contribution is 5.05. The average molecular weight is 224 g/mol. The first-order chi connectivity index (χ1) is 7.49. The zero-order valence-corrected chi connectivity index (χ0v) is 11.3. The summed E-state index contributed by atoms with van der Waals surface area (Å²) in [4.78, 5) is 2.63. The maximum atomic E-state index is 3.67. The largest absolute Gasteiger partial charge is 0.309 e. The third kappa shape index (κ3) is 3.21. The summed E-state index contributed by atoms with van der Waals surface area (Å²) < 4.78 is 0. The molecule has 2 heterocycles. The summed E-state index contributed by atoms with van der Waals surface area (Å²) >= 11 is 0. The van der Waals surface area contributed by atoms with E-state index in [-0.39, 0.29) is 0 Å². The van der Waals surface area contributed by atoms with Crippen molar-refractivity contribution in [2.75, 3.05) is 26.2 Å². The van der Waals surface area contributed by atoms with Crippen molar-refractivity contribution in [1.82, 2.24) is 10.2 Å². The van der Waals surface area contributed by atoms with Gasteiger partial charge in [0, 0.05) is 18.6 Å². The molecule has 2 fully saturated rings. The van der Waals surface area contributed by atoms with Crippen molar-refractivity contribution >= 4 is 0 Å². The summed E-state index contributed by atoms with van der Waals surface area (Å²) in [6.07, 6.45) is 6.93. The second kappa shape index (κ2) is 4.66. The molecule has 16 heavy (non-hydrogen) atoms. The molecule has 2 aliphatic heterocycles. The van der Waals surface area contributed by atoms with Gasteiger partial charge in [0.25, 0.3) is 0 Å². The summed E-state index contributed by atoms with van der Waals surface area (Å²) in [6.45, 7) is 12.2. The predicted molar refractivity (Wildman–Crippen MR) is 69.7 cm³/mol. The maximum Gasteiger partial charge on any atom is 0.0437 e. The fourth-order valence-electron chi connectivity index (χ4n) is 3.10. The molecule has 1 N–H and O–H groups in total. The molecule has 2 nitrogen and oxygen atoms in total. The van der Waals surface area contributed by atoms with E-state index in [1.807, 2.05) is 0 Å². The Morgan fingerprint density at radius 2 is 1.94 bits per heavy atom. The normalized spacial score (nSPS) is 24.9. The van der Waals surface area contributed by atoms with Gasteiger partial charge in [-0.05, 0) is 44.2 Å². The van der Waals surface area contributed by atoms with Crippen molar-refractivity contribution in [2.24, 2.45) is 5.41 Å². The second-order valence-electron chi connectivity index (χ2n) is 7.04. The molecule has 0 aromatic heterocycles. The molecule has 2 rings (SSSR count). The Kier molecular flexibility index (Phi) is 3.60. The van der Waals surface area contributed by atoms with Gasteiger partial charge in [0.1, 0.15) is 0 Å². The van der Waals surface area contributed by atoms with Gasteiger partial charge in [0.05, 0.1) is 0 Å². The smallest absolute Gasteiger partial charge is 0.0437 e. The SMILES string of the molecule is CC(C)(C)CCCCN1CC2(CCCN2)C1. The van der Waals surface area contributed by atoms with Gasteiger partial charge in [0.2, 0.25) is 0 Å². The Labute approximate surface area is 101 Å². The van der Waals surface area contributed by atoms with Gasteiger partial charge in [-0.1, -0.05) is 27.2 Å². The third-order valence-corrected chi connectivity index (χ3v) is 4.04. The number of rotatable bonds is 4. The number of likely N-dealkylation sites (tertiary alicyclic amines) is 1. The van der Waals surface area contributed by atoms with Crippen molar-refractivity contribution in [3.05, 3.63) is 0 Å². The molecule has 2 saturated heterocycles. The molecule has 2 heteroatoms. The Bertz CT molecular complexity index is 215. The molecule has 0 aromatic carbocycles. The first-order valence-corrected chi connectivity index (χ1v) is 6.97. The second-order valence-corrected chi connectivity index (χ2v) is 7.04. The number of hydrogen-bond acceptors (Lipinski definition) is 2. The summed E-state index contributed by atoms with van der Waals surface area (Å²) in [7, 11) is 0. The monoisotopic (exact) mass is 224 g/mol. The molecule has 0 radical (unpaired) electrons. The van der Waals surface area contributed by atoms with Gasteiger partial charge >= 0.3 is 0 Å². The van der Waals surface area contributed by atoms with Crippen LogP contribution in [0.4, 0.5) is 0 Å². The first kappa shape index (κ1) is 12.4. The molecule has 0 aromatic rings. The van der Waals surface area contributed by atoms with Crippen LogP contribution in [0, 0.1) is 5.41 Å². The molecule has 0 amide bonds.